The normalized spacial score (nSPS) is 13.8. The van der Waals surface area contributed by atoms with Gasteiger partial charge in [0.05, 0.1) is 11.2 Å². The van der Waals surface area contributed by atoms with Gasteiger partial charge in [-0.05, 0) is 73.0 Å². The van der Waals surface area contributed by atoms with Crippen LogP contribution in [0.25, 0.3) is 6.08 Å². The Balaban J connectivity index is 0.00000442. The van der Waals surface area contributed by atoms with Crippen LogP contribution in [0.4, 0.5) is 0 Å². The number of hydrogen-bond donors (Lipinski definition) is 0. The van der Waals surface area contributed by atoms with E-state index in [9.17, 15) is 4.79 Å². The van der Waals surface area contributed by atoms with Gasteiger partial charge in [-0.15, -0.1) is 17.0 Å². The maximum Gasteiger partial charge on any atom is 0.249 e. The number of piperazine rings is 1. The summed E-state index contributed by atoms with van der Waals surface area (Å²) in [5.74, 6) is 1.52. The van der Waals surface area contributed by atoms with E-state index >= 15 is 0 Å². The summed E-state index contributed by atoms with van der Waals surface area (Å²) >= 11 is 18.8. The molecule has 1 saturated heterocycles. The number of pyridine rings is 1. The van der Waals surface area contributed by atoms with Crippen molar-refractivity contribution >= 4 is 63.8 Å². The molecule has 0 aliphatic carbocycles. The maximum atomic E-state index is 13.2. The summed E-state index contributed by atoms with van der Waals surface area (Å²) in [6.45, 7) is 7.94. The molecule has 0 atom stereocenters. The smallest absolute Gasteiger partial charge is 0.249 e. The molecule has 1 aromatic heterocycles. The molecule has 1 amide bonds. The molecule has 5 rings (SSSR count). The summed E-state index contributed by atoms with van der Waals surface area (Å²) < 4.78 is 11.8. The molecule has 0 unspecified atom stereocenters. The van der Waals surface area contributed by atoms with Crippen molar-refractivity contribution in [3.05, 3.63) is 122 Å². The summed E-state index contributed by atoms with van der Waals surface area (Å²) in [7, 11) is 0. The van der Waals surface area contributed by atoms with Crippen molar-refractivity contribution in [2.24, 2.45) is 0 Å². The van der Waals surface area contributed by atoms with Gasteiger partial charge >= 0.3 is 0 Å². The van der Waals surface area contributed by atoms with Gasteiger partial charge in [0.25, 0.3) is 0 Å². The molecule has 3 aromatic carbocycles. The first-order valence-corrected chi connectivity index (χ1v) is 15.1. The highest BCUT2D eigenvalue weighted by molar-refractivity contribution is 8.93. The fourth-order valence-corrected chi connectivity index (χ4v) is 5.51. The van der Waals surface area contributed by atoms with Crippen LogP contribution in [-0.4, -0.2) is 46.9 Å². The average Bonchev–Trinajstić information content (AvgIpc) is 3.00. The number of halogens is 4. The molecule has 1 fully saturated rings. The molecule has 44 heavy (non-hydrogen) atoms. The van der Waals surface area contributed by atoms with Crippen LogP contribution in [0.15, 0.2) is 84.6 Å². The lowest BCUT2D eigenvalue weighted by Gasteiger charge is -2.35. The Morgan fingerprint density at radius 3 is 2.32 bits per heavy atom. The van der Waals surface area contributed by atoms with Gasteiger partial charge in [0.15, 0.2) is 5.75 Å². The Morgan fingerprint density at radius 1 is 0.932 bits per heavy atom. The highest BCUT2D eigenvalue weighted by Crippen LogP contribution is 2.34. The Bertz CT molecular complexity index is 1580. The van der Waals surface area contributed by atoms with Gasteiger partial charge in [-0.3, -0.25) is 9.69 Å². The van der Waals surface area contributed by atoms with Crippen molar-refractivity contribution in [1.29, 1.82) is 0 Å². The summed E-state index contributed by atoms with van der Waals surface area (Å²) in [6.07, 6.45) is 3.47. The van der Waals surface area contributed by atoms with E-state index in [2.05, 4.69) is 9.88 Å². The summed E-state index contributed by atoms with van der Waals surface area (Å²) in [5, 5.41) is 1.82. The van der Waals surface area contributed by atoms with Gasteiger partial charge in [-0.25, -0.2) is 4.98 Å². The Labute approximate surface area is 283 Å². The quantitative estimate of drug-likeness (QED) is 0.162. The van der Waals surface area contributed by atoms with E-state index in [1.807, 2.05) is 79.4 Å². The van der Waals surface area contributed by atoms with Crippen LogP contribution >= 0.6 is 51.8 Å². The van der Waals surface area contributed by atoms with Crippen LogP contribution in [-0.2, 0) is 17.9 Å². The Hall–Kier alpha value is -3.07. The molecular weight excluding hydrogens is 685 g/mol. The molecule has 1 aliphatic rings. The number of aromatic nitrogens is 1. The first-order chi connectivity index (χ1) is 20.7. The number of carbonyl (C=O) groups is 1. The standard InChI is InChI=1S/C34H32Cl3N3O3.BrH/c1-23-17-26(18-24(2)34(41)40-15-13-39(14-16-40)21-25-7-9-28(35)10-8-25)19-31(37)33(23)43-32-12-11-29(20-38-32)42-22-27-5-3-4-6-30(27)36;/h3-12,17-20H,13-16,21-22H2,1-2H3;1H/b24-18+;. The van der Waals surface area contributed by atoms with Gasteiger partial charge in [0.2, 0.25) is 11.8 Å². The van der Waals surface area contributed by atoms with Crippen molar-refractivity contribution in [3.8, 4) is 17.4 Å². The fourth-order valence-electron chi connectivity index (χ4n) is 4.88. The molecule has 230 valence electrons. The van der Waals surface area contributed by atoms with Gasteiger partial charge in [-0.2, -0.15) is 0 Å². The van der Waals surface area contributed by atoms with Crippen molar-refractivity contribution in [3.63, 3.8) is 0 Å². The van der Waals surface area contributed by atoms with Crippen molar-refractivity contribution in [1.82, 2.24) is 14.8 Å². The van der Waals surface area contributed by atoms with E-state index in [1.165, 1.54) is 5.56 Å². The average molecular weight is 718 g/mol. The second kappa shape index (κ2) is 15.8. The molecule has 0 saturated carbocycles. The number of carbonyl (C=O) groups excluding carboxylic acids is 1. The SMILES string of the molecule is Br.C/C(=C\c1cc(C)c(Oc2ccc(OCc3ccccc3Cl)cn2)c(Cl)c1)C(=O)N1CCN(Cc2ccc(Cl)cc2)CC1. The van der Waals surface area contributed by atoms with E-state index in [0.717, 1.165) is 41.3 Å². The minimum atomic E-state index is 0. The fraction of sp³-hybridized carbons (Fsp3) is 0.235. The van der Waals surface area contributed by atoms with Crippen molar-refractivity contribution < 1.29 is 14.3 Å². The van der Waals surface area contributed by atoms with Gasteiger partial charge in [-0.1, -0.05) is 65.1 Å². The third-order valence-corrected chi connectivity index (χ3v) is 8.12. The second-order valence-corrected chi connectivity index (χ2v) is 11.7. The highest BCUT2D eigenvalue weighted by atomic mass is 79.9. The van der Waals surface area contributed by atoms with Crippen molar-refractivity contribution in [2.45, 2.75) is 27.0 Å². The summed E-state index contributed by atoms with van der Waals surface area (Å²) in [5.41, 5.74) is 4.43. The molecule has 0 radical (unpaired) electrons. The van der Waals surface area contributed by atoms with E-state index in [-0.39, 0.29) is 22.9 Å². The van der Waals surface area contributed by atoms with Crippen LogP contribution in [0, 0.1) is 6.92 Å². The largest absolute Gasteiger partial charge is 0.487 e. The first-order valence-electron chi connectivity index (χ1n) is 14.0. The van der Waals surface area contributed by atoms with E-state index in [1.54, 1.807) is 24.4 Å². The van der Waals surface area contributed by atoms with Crippen LogP contribution in [0.3, 0.4) is 0 Å². The molecule has 10 heteroatoms. The zero-order valence-corrected chi connectivity index (χ0v) is 28.4. The maximum absolute atomic E-state index is 13.2. The lowest BCUT2D eigenvalue weighted by Crippen LogP contribution is -2.48. The number of ether oxygens (including phenoxy) is 2. The van der Waals surface area contributed by atoms with Crippen LogP contribution in [0.5, 0.6) is 17.4 Å². The lowest BCUT2D eigenvalue weighted by atomic mass is 10.1. The van der Waals surface area contributed by atoms with E-state index in [0.29, 0.717) is 52.7 Å². The zero-order valence-electron chi connectivity index (χ0n) is 24.4. The minimum absolute atomic E-state index is 0. The highest BCUT2D eigenvalue weighted by Gasteiger charge is 2.22. The second-order valence-electron chi connectivity index (χ2n) is 10.5. The third-order valence-electron chi connectivity index (χ3n) is 7.22. The number of rotatable bonds is 9. The first kappa shape index (κ1) is 33.8. The number of nitrogens with zero attached hydrogens (tertiary/aromatic N) is 3. The number of amides is 1. The predicted octanol–water partition coefficient (Wildman–Crippen LogP) is 9.05. The minimum Gasteiger partial charge on any atom is -0.487 e. The third kappa shape index (κ3) is 8.99. The summed E-state index contributed by atoms with van der Waals surface area (Å²) in [4.78, 5) is 21.8. The Morgan fingerprint density at radius 2 is 1.66 bits per heavy atom. The molecule has 4 aromatic rings. The molecule has 2 heterocycles. The van der Waals surface area contributed by atoms with Crippen LogP contribution in [0.1, 0.15) is 29.2 Å². The zero-order chi connectivity index (χ0) is 30.3. The van der Waals surface area contributed by atoms with Crippen molar-refractivity contribution in [2.75, 3.05) is 26.2 Å². The van der Waals surface area contributed by atoms with Crippen LogP contribution < -0.4 is 9.47 Å². The van der Waals surface area contributed by atoms with E-state index in [4.69, 9.17) is 44.3 Å². The lowest BCUT2D eigenvalue weighted by molar-refractivity contribution is -0.128. The molecule has 0 bridgehead atoms. The van der Waals surface area contributed by atoms with Gasteiger partial charge < -0.3 is 14.4 Å². The van der Waals surface area contributed by atoms with E-state index < -0.39 is 0 Å². The molecular formula is C34H33BrCl3N3O3. The number of benzene rings is 3. The number of hydrogen-bond acceptors (Lipinski definition) is 5. The molecule has 1 aliphatic heterocycles. The Kier molecular flexibility index (Phi) is 12.1. The molecule has 0 N–H and O–H groups in total. The van der Waals surface area contributed by atoms with Gasteiger partial charge in [0, 0.05) is 60.0 Å². The molecule has 6 nitrogen and oxygen atoms in total. The molecule has 0 spiro atoms. The topological polar surface area (TPSA) is 54.9 Å². The van der Waals surface area contributed by atoms with Crippen LogP contribution in [0.2, 0.25) is 15.1 Å². The monoisotopic (exact) mass is 715 g/mol. The predicted molar refractivity (Wildman–Crippen MR) is 184 cm³/mol. The number of aryl methyl sites for hydroxylation is 1. The summed E-state index contributed by atoms with van der Waals surface area (Å²) in [6, 6.07) is 22.7. The van der Waals surface area contributed by atoms with Gasteiger partial charge in [0.1, 0.15) is 12.4 Å².